The molecule has 0 aromatic carbocycles. The van der Waals surface area contributed by atoms with Gasteiger partial charge in [0.15, 0.2) is 0 Å². The van der Waals surface area contributed by atoms with Crippen LogP contribution in [0.4, 0.5) is 0 Å². The molecule has 0 saturated carbocycles. The zero-order chi connectivity index (χ0) is 10.6. The van der Waals surface area contributed by atoms with Crippen LogP contribution < -0.4 is 14.8 Å². The molecular formula is C8H19N3O2S. The van der Waals surface area contributed by atoms with E-state index < -0.39 is 10.2 Å². The highest BCUT2D eigenvalue weighted by Crippen LogP contribution is 2.05. The van der Waals surface area contributed by atoms with Gasteiger partial charge in [0.1, 0.15) is 0 Å². The highest BCUT2D eigenvalue weighted by molar-refractivity contribution is 7.87. The van der Waals surface area contributed by atoms with Gasteiger partial charge in [0.25, 0.3) is 10.2 Å². The smallest absolute Gasteiger partial charge is 0.278 e. The van der Waals surface area contributed by atoms with E-state index in [1.54, 1.807) is 13.8 Å². The lowest BCUT2D eigenvalue weighted by molar-refractivity contribution is 0.380. The summed E-state index contributed by atoms with van der Waals surface area (Å²) in [6, 6.07) is -0.0731. The van der Waals surface area contributed by atoms with Gasteiger partial charge in [-0.1, -0.05) is 0 Å². The predicted octanol–water partition coefficient (Wildman–Crippen LogP) is -0.0816. The summed E-state index contributed by atoms with van der Waals surface area (Å²) in [6.45, 7) is 4.48. The van der Waals surface area contributed by atoms with Crippen LogP contribution in [-0.2, 0) is 10.2 Å². The van der Waals surface area contributed by atoms with Gasteiger partial charge in [-0.2, -0.15) is 17.9 Å². The fraction of sp³-hybridized carbons (Fsp3) is 1.00. The molecule has 14 heavy (non-hydrogen) atoms. The third-order valence-electron chi connectivity index (χ3n) is 2.00. The SMILES string of the molecule is CC(C)NS(=O)(=O)NC1CCCCN1. The van der Waals surface area contributed by atoms with Crippen molar-refractivity contribution in [2.45, 2.75) is 45.3 Å². The maximum absolute atomic E-state index is 11.4. The minimum absolute atomic E-state index is 0.0731. The van der Waals surface area contributed by atoms with Gasteiger partial charge in [-0.05, 0) is 39.7 Å². The maximum atomic E-state index is 11.4. The first kappa shape index (κ1) is 11.9. The zero-order valence-electron chi connectivity index (χ0n) is 8.71. The Labute approximate surface area is 85.8 Å². The number of piperidine rings is 1. The van der Waals surface area contributed by atoms with Crippen molar-refractivity contribution in [3.8, 4) is 0 Å². The molecule has 0 aliphatic carbocycles. The minimum Gasteiger partial charge on any atom is -0.301 e. The average molecular weight is 221 g/mol. The van der Waals surface area contributed by atoms with Crippen LogP contribution >= 0.6 is 0 Å². The number of rotatable bonds is 4. The summed E-state index contributed by atoms with van der Waals surface area (Å²) in [5.41, 5.74) is 0. The predicted molar refractivity (Wildman–Crippen MR) is 56.0 cm³/mol. The van der Waals surface area contributed by atoms with Crippen LogP contribution in [0, 0.1) is 0 Å². The van der Waals surface area contributed by atoms with E-state index in [0.29, 0.717) is 0 Å². The molecule has 0 bridgehead atoms. The second kappa shape index (κ2) is 5.06. The monoisotopic (exact) mass is 221 g/mol. The Morgan fingerprint density at radius 2 is 2.07 bits per heavy atom. The van der Waals surface area contributed by atoms with E-state index in [1.165, 1.54) is 0 Å². The average Bonchev–Trinajstić information content (AvgIpc) is 2.02. The third kappa shape index (κ3) is 4.36. The van der Waals surface area contributed by atoms with E-state index in [2.05, 4.69) is 14.8 Å². The molecule has 84 valence electrons. The molecule has 1 atom stereocenters. The molecular weight excluding hydrogens is 202 g/mol. The molecule has 1 aliphatic rings. The van der Waals surface area contributed by atoms with Crippen LogP contribution in [0.3, 0.4) is 0 Å². The molecule has 0 spiro atoms. The number of hydrogen-bond donors (Lipinski definition) is 3. The standard InChI is InChI=1S/C8H19N3O2S/c1-7(2)10-14(12,13)11-8-5-3-4-6-9-8/h7-11H,3-6H2,1-2H3. The van der Waals surface area contributed by atoms with Gasteiger partial charge >= 0.3 is 0 Å². The molecule has 0 radical (unpaired) electrons. The largest absolute Gasteiger partial charge is 0.301 e. The Morgan fingerprint density at radius 3 is 2.57 bits per heavy atom. The van der Waals surface area contributed by atoms with Crippen molar-refractivity contribution < 1.29 is 8.42 Å². The second-order valence-corrected chi connectivity index (χ2v) is 5.37. The Bertz CT molecular complexity index is 258. The first-order valence-corrected chi connectivity index (χ1v) is 6.51. The first-order chi connectivity index (χ1) is 6.49. The molecule has 3 N–H and O–H groups in total. The second-order valence-electron chi connectivity index (χ2n) is 3.90. The Kier molecular flexibility index (Phi) is 4.31. The summed E-state index contributed by atoms with van der Waals surface area (Å²) in [5.74, 6) is 0. The van der Waals surface area contributed by atoms with Crippen LogP contribution in [0.25, 0.3) is 0 Å². The van der Waals surface area contributed by atoms with Gasteiger partial charge in [-0.3, -0.25) is 0 Å². The van der Waals surface area contributed by atoms with E-state index in [0.717, 1.165) is 25.8 Å². The van der Waals surface area contributed by atoms with Crippen LogP contribution in [0.1, 0.15) is 33.1 Å². The van der Waals surface area contributed by atoms with Gasteiger partial charge < -0.3 is 5.32 Å². The maximum Gasteiger partial charge on any atom is 0.278 e. The van der Waals surface area contributed by atoms with E-state index in [-0.39, 0.29) is 12.2 Å². The van der Waals surface area contributed by atoms with Crippen molar-refractivity contribution in [3.63, 3.8) is 0 Å². The van der Waals surface area contributed by atoms with Crippen LogP contribution in [0.15, 0.2) is 0 Å². The minimum atomic E-state index is -3.34. The molecule has 1 fully saturated rings. The highest BCUT2D eigenvalue weighted by Gasteiger charge is 2.19. The fourth-order valence-corrected chi connectivity index (χ4v) is 2.75. The molecule has 5 nitrogen and oxygen atoms in total. The lowest BCUT2D eigenvalue weighted by atomic mass is 10.1. The molecule has 1 heterocycles. The normalized spacial score (nSPS) is 24.1. The molecule has 6 heteroatoms. The molecule has 1 saturated heterocycles. The van der Waals surface area contributed by atoms with Crippen LogP contribution in [-0.4, -0.2) is 27.2 Å². The van der Waals surface area contributed by atoms with E-state index in [4.69, 9.17) is 0 Å². The Morgan fingerprint density at radius 1 is 1.36 bits per heavy atom. The van der Waals surface area contributed by atoms with Crippen molar-refractivity contribution in [2.24, 2.45) is 0 Å². The topological polar surface area (TPSA) is 70.2 Å². The number of hydrogen-bond acceptors (Lipinski definition) is 3. The summed E-state index contributed by atoms with van der Waals surface area (Å²) in [4.78, 5) is 0. The first-order valence-electron chi connectivity index (χ1n) is 5.02. The Hall–Kier alpha value is -0.170. The quantitative estimate of drug-likeness (QED) is 0.622. The molecule has 0 amide bonds. The van der Waals surface area contributed by atoms with Crippen LogP contribution in [0.5, 0.6) is 0 Å². The number of nitrogens with one attached hydrogen (secondary N) is 3. The molecule has 1 unspecified atom stereocenters. The van der Waals surface area contributed by atoms with Crippen molar-refractivity contribution in [2.75, 3.05) is 6.54 Å². The highest BCUT2D eigenvalue weighted by atomic mass is 32.2. The summed E-state index contributed by atoms with van der Waals surface area (Å²) < 4.78 is 28.0. The van der Waals surface area contributed by atoms with Crippen LogP contribution in [0.2, 0.25) is 0 Å². The van der Waals surface area contributed by atoms with Crippen molar-refractivity contribution in [1.82, 2.24) is 14.8 Å². The lowest BCUT2D eigenvalue weighted by Crippen LogP contribution is -2.52. The van der Waals surface area contributed by atoms with Gasteiger partial charge in [0.05, 0.1) is 6.17 Å². The van der Waals surface area contributed by atoms with Gasteiger partial charge in [-0.25, -0.2) is 0 Å². The molecule has 0 aromatic rings. The van der Waals surface area contributed by atoms with Gasteiger partial charge in [0, 0.05) is 6.04 Å². The van der Waals surface area contributed by atoms with Crippen molar-refractivity contribution >= 4 is 10.2 Å². The molecule has 0 aromatic heterocycles. The summed E-state index contributed by atoms with van der Waals surface area (Å²) >= 11 is 0. The van der Waals surface area contributed by atoms with E-state index in [9.17, 15) is 8.42 Å². The third-order valence-corrected chi connectivity index (χ3v) is 3.38. The van der Waals surface area contributed by atoms with Gasteiger partial charge in [-0.15, -0.1) is 0 Å². The summed E-state index contributed by atoms with van der Waals surface area (Å²) in [5, 5.41) is 3.12. The summed E-state index contributed by atoms with van der Waals surface area (Å²) in [6.07, 6.45) is 2.94. The Balaban J connectivity index is 2.41. The lowest BCUT2D eigenvalue weighted by Gasteiger charge is -2.24. The molecule has 1 aliphatic heterocycles. The zero-order valence-corrected chi connectivity index (χ0v) is 9.52. The van der Waals surface area contributed by atoms with Crippen molar-refractivity contribution in [3.05, 3.63) is 0 Å². The van der Waals surface area contributed by atoms with E-state index >= 15 is 0 Å². The van der Waals surface area contributed by atoms with Crippen molar-refractivity contribution in [1.29, 1.82) is 0 Å². The van der Waals surface area contributed by atoms with E-state index in [1.807, 2.05) is 0 Å². The van der Waals surface area contributed by atoms with Gasteiger partial charge in [0.2, 0.25) is 0 Å². The fourth-order valence-electron chi connectivity index (χ4n) is 1.48. The molecule has 1 rings (SSSR count). The summed E-state index contributed by atoms with van der Waals surface area (Å²) in [7, 11) is -3.34.